The first kappa shape index (κ1) is 22.1. The molecule has 4 aromatic rings. The lowest BCUT2D eigenvalue weighted by Gasteiger charge is -2.39. The molecule has 3 aromatic heterocycles. The molecule has 0 spiro atoms. The lowest BCUT2D eigenvalue weighted by atomic mass is 10.1. The van der Waals surface area contributed by atoms with E-state index in [0.717, 1.165) is 18.8 Å². The molecule has 0 saturated carbocycles. The highest BCUT2D eigenvalue weighted by molar-refractivity contribution is 5.93. The SMILES string of the molecule is COc1cc2nc(N)n3nc(N4CC(C)CN(c5cnn(C(C)C(C)O)c5)C4)nc3c2cc1F. The average molecular weight is 470 g/mol. The van der Waals surface area contributed by atoms with E-state index < -0.39 is 11.9 Å². The van der Waals surface area contributed by atoms with Crippen molar-refractivity contribution < 1.29 is 14.2 Å². The predicted molar refractivity (Wildman–Crippen MR) is 127 cm³/mol. The normalized spacial score (nSPS) is 18.6. The summed E-state index contributed by atoms with van der Waals surface area (Å²) in [5.41, 5.74) is 8.02. The van der Waals surface area contributed by atoms with Crippen molar-refractivity contribution in [1.82, 2.24) is 29.4 Å². The van der Waals surface area contributed by atoms with Gasteiger partial charge < -0.3 is 25.4 Å². The van der Waals surface area contributed by atoms with Crippen LogP contribution in [0.1, 0.15) is 26.8 Å². The maximum absolute atomic E-state index is 14.4. The van der Waals surface area contributed by atoms with Gasteiger partial charge in [0, 0.05) is 30.7 Å². The molecular weight excluding hydrogens is 441 g/mol. The number of ether oxygens (including phenoxy) is 1. The fourth-order valence-corrected chi connectivity index (χ4v) is 4.31. The molecule has 4 heterocycles. The van der Waals surface area contributed by atoms with Crippen LogP contribution in [0.3, 0.4) is 0 Å². The highest BCUT2D eigenvalue weighted by Gasteiger charge is 2.28. The zero-order valence-corrected chi connectivity index (χ0v) is 19.6. The van der Waals surface area contributed by atoms with Gasteiger partial charge in [-0.1, -0.05) is 6.92 Å². The second kappa shape index (κ2) is 8.28. The minimum absolute atomic E-state index is 0.0921. The first-order valence-electron chi connectivity index (χ1n) is 11.2. The fourth-order valence-electron chi connectivity index (χ4n) is 4.31. The molecule has 12 heteroatoms. The molecule has 3 unspecified atom stereocenters. The fraction of sp³-hybridized carbons (Fsp3) is 0.455. The molecule has 0 bridgehead atoms. The number of nitrogens with two attached hydrogens (primary N) is 1. The number of anilines is 3. The van der Waals surface area contributed by atoms with Crippen molar-refractivity contribution in [2.24, 2.45) is 5.92 Å². The minimum Gasteiger partial charge on any atom is -0.494 e. The third kappa shape index (κ3) is 3.73. The van der Waals surface area contributed by atoms with Crippen LogP contribution in [0.5, 0.6) is 5.75 Å². The van der Waals surface area contributed by atoms with Crippen LogP contribution in [-0.2, 0) is 0 Å². The number of aliphatic hydroxyl groups is 1. The van der Waals surface area contributed by atoms with E-state index in [0.29, 0.717) is 35.1 Å². The van der Waals surface area contributed by atoms with Gasteiger partial charge in [-0.3, -0.25) is 4.68 Å². The molecule has 1 fully saturated rings. The Kier molecular flexibility index (Phi) is 5.39. The molecule has 1 aromatic carbocycles. The van der Waals surface area contributed by atoms with Crippen molar-refractivity contribution in [3.63, 3.8) is 0 Å². The Morgan fingerprint density at radius 1 is 1.21 bits per heavy atom. The van der Waals surface area contributed by atoms with Gasteiger partial charge in [0.25, 0.3) is 0 Å². The zero-order valence-electron chi connectivity index (χ0n) is 19.6. The van der Waals surface area contributed by atoms with Gasteiger partial charge in [-0.05, 0) is 25.8 Å². The van der Waals surface area contributed by atoms with Crippen molar-refractivity contribution in [3.05, 3.63) is 30.3 Å². The van der Waals surface area contributed by atoms with Gasteiger partial charge in [-0.25, -0.2) is 9.37 Å². The molecule has 3 N–H and O–H groups in total. The van der Waals surface area contributed by atoms with Crippen LogP contribution in [0, 0.1) is 11.7 Å². The summed E-state index contributed by atoms with van der Waals surface area (Å²) in [6.45, 7) is 7.97. The third-order valence-corrected chi connectivity index (χ3v) is 6.32. The molecule has 1 aliphatic rings. The Morgan fingerprint density at radius 3 is 2.71 bits per heavy atom. The molecule has 34 heavy (non-hydrogen) atoms. The number of hydrogen-bond donors (Lipinski definition) is 2. The molecule has 1 aliphatic heterocycles. The van der Waals surface area contributed by atoms with Crippen LogP contribution in [0.2, 0.25) is 0 Å². The lowest BCUT2D eigenvalue weighted by Crippen LogP contribution is -2.49. The minimum atomic E-state index is -0.509. The predicted octanol–water partition coefficient (Wildman–Crippen LogP) is 2.07. The van der Waals surface area contributed by atoms with Gasteiger partial charge >= 0.3 is 0 Å². The zero-order chi connectivity index (χ0) is 24.1. The van der Waals surface area contributed by atoms with Crippen molar-refractivity contribution >= 4 is 34.1 Å². The van der Waals surface area contributed by atoms with E-state index in [9.17, 15) is 9.50 Å². The summed E-state index contributed by atoms with van der Waals surface area (Å²) in [4.78, 5) is 13.3. The maximum Gasteiger partial charge on any atom is 0.247 e. The first-order valence-corrected chi connectivity index (χ1v) is 11.2. The Labute approximate surface area is 195 Å². The van der Waals surface area contributed by atoms with Crippen LogP contribution in [0.15, 0.2) is 24.5 Å². The molecule has 1 saturated heterocycles. The molecule has 3 atom stereocenters. The van der Waals surface area contributed by atoms with Gasteiger partial charge in [-0.15, -0.1) is 5.10 Å². The number of benzene rings is 1. The van der Waals surface area contributed by atoms with Gasteiger partial charge in [-0.2, -0.15) is 14.6 Å². The number of fused-ring (bicyclic) bond motifs is 3. The summed E-state index contributed by atoms with van der Waals surface area (Å²) < 4.78 is 22.7. The second-order valence-corrected chi connectivity index (χ2v) is 8.97. The summed E-state index contributed by atoms with van der Waals surface area (Å²) in [5, 5.41) is 19.4. The van der Waals surface area contributed by atoms with E-state index >= 15 is 0 Å². The van der Waals surface area contributed by atoms with Crippen molar-refractivity contribution in [1.29, 1.82) is 0 Å². The molecule has 180 valence electrons. The van der Waals surface area contributed by atoms with Gasteiger partial charge in [0.1, 0.15) is 0 Å². The molecule has 11 nitrogen and oxygen atoms in total. The summed E-state index contributed by atoms with van der Waals surface area (Å²) in [6, 6.07) is 2.72. The van der Waals surface area contributed by atoms with Crippen LogP contribution in [0.25, 0.3) is 16.6 Å². The van der Waals surface area contributed by atoms with Crippen LogP contribution in [-0.4, -0.2) is 67.4 Å². The molecule has 0 radical (unpaired) electrons. The van der Waals surface area contributed by atoms with Crippen LogP contribution in [0.4, 0.5) is 22.0 Å². The van der Waals surface area contributed by atoms with Crippen LogP contribution >= 0.6 is 0 Å². The van der Waals surface area contributed by atoms with E-state index in [1.54, 1.807) is 17.8 Å². The Morgan fingerprint density at radius 2 is 1.97 bits per heavy atom. The first-order chi connectivity index (χ1) is 16.2. The number of methoxy groups -OCH3 is 1. The number of aliphatic hydroxyl groups excluding tert-OH is 1. The maximum atomic E-state index is 14.4. The number of hydrogen-bond acceptors (Lipinski definition) is 9. The van der Waals surface area contributed by atoms with Gasteiger partial charge in [0.05, 0.1) is 43.3 Å². The Hall–Kier alpha value is -3.67. The summed E-state index contributed by atoms with van der Waals surface area (Å²) in [5.74, 6) is 0.555. The van der Waals surface area contributed by atoms with Crippen molar-refractivity contribution in [2.75, 3.05) is 42.4 Å². The van der Waals surface area contributed by atoms with Gasteiger partial charge in [0.15, 0.2) is 17.2 Å². The van der Waals surface area contributed by atoms with E-state index in [2.05, 4.69) is 31.9 Å². The molecule has 0 amide bonds. The monoisotopic (exact) mass is 469 g/mol. The second-order valence-electron chi connectivity index (χ2n) is 8.97. The number of nitrogen functional groups attached to an aromatic ring is 1. The lowest BCUT2D eigenvalue weighted by molar-refractivity contribution is 0.132. The van der Waals surface area contributed by atoms with Crippen molar-refractivity contribution in [3.8, 4) is 5.75 Å². The standard InChI is InChI=1S/C22H28FN9O2/c1-12-8-29(15-7-25-31(10-15)13(2)14(3)33)11-30(9-12)22-27-20-16-5-17(23)19(34-4)6-18(16)26-21(24)32(20)28-22/h5-7,10,12-14,33H,8-9,11H2,1-4H3,(H2,24,26). The topological polar surface area (TPSA) is 123 Å². The van der Waals surface area contributed by atoms with E-state index in [1.165, 1.54) is 23.8 Å². The summed E-state index contributed by atoms with van der Waals surface area (Å²) >= 11 is 0. The van der Waals surface area contributed by atoms with E-state index in [4.69, 9.17) is 15.5 Å². The summed E-state index contributed by atoms with van der Waals surface area (Å²) in [6.07, 6.45) is 3.24. The highest BCUT2D eigenvalue weighted by atomic mass is 19.1. The van der Waals surface area contributed by atoms with Crippen LogP contribution < -0.4 is 20.3 Å². The third-order valence-electron chi connectivity index (χ3n) is 6.32. The Bertz CT molecular complexity index is 1350. The summed E-state index contributed by atoms with van der Waals surface area (Å²) in [7, 11) is 1.40. The number of nitrogens with zero attached hydrogens (tertiary/aromatic N) is 8. The smallest absolute Gasteiger partial charge is 0.247 e. The van der Waals surface area contributed by atoms with Gasteiger partial charge in [0.2, 0.25) is 11.9 Å². The molecular formula is C22H28FN9O2. The highest BCUT2D eigenvalue weighted by Crippen LogP contribution is 2.29. The van der Waals surface area contributed by atoms with Crippen molar-refractivity contribution in [2.45, 2.75) is 32.9 Å². The number of halogens is 1. The number of rotatable bonds is 5. The largest absolute Gasteiger partial charge is 0.494 e. The average Bonchev–Trinajstić information content (AvgIpc) is 3.47. The van der Waals surface area contributed by atoms with E-state index in [1.807, 2.05) is 13.1 Å². The Balaban J connectivity index is 1.50. The molecule has 0 aliphatic carbocycles. The van der Waals surface area contributed by atoms with E-state index in [-0.39, 0.29) is 17.7 Å². The quantitative estimate of drug-likeness (QED) is 0.452. The number of aromatic nitrogens is 6. The molecule has 5 rings (SSSR count).